The van der Waals surface area contributed by atoms with Crippen LogP contribution in [0.5, 0.6) is 0 Å². The van der Waals surface area contributed by atoms with E-state index in [1.165, 1.54) is 36.3 Å². The Balaban J connectivity index is 2.37. The fourth-order valence-electron chi connectivity index (χ4n) is 1.26. The molecule has 0 aromatic heterocycles. The molecule has 1 fully saturated rings. The summed E-state index contributed by atoms with van der Waals surface area (Å²) in [6, 6.07) is 0.527. The monoisotopic (exact) mass is 339 g/mol. The summed E-state index contributed by atoms with van der Waals surface area (Å²) in [5.74, 6) is 0. The Morgan fingerprint density at radius 1 is 1.50 bits per heavy atom. The molecule has 1 saturated heterocycles. The van der Waals surface area contributed by atoms with Crippen LogP contribution in [0.1, 0.15) is 33.6 Å². The van der Waals surface area contributed by atoms with Gasteiger partial charge in [0.15, 0.2) is 0 Å². The second-order valence-electron chi connectivity index (χ2n) is 4.18. The van der Waals surface area contributed by atoms with Crippen LogP contribution in [0.4, 0.5) is 0 Å². The molecule has 0 amide bonds. The van der Waals surface area contributed by atoms with E-state index in [4.69, 9.17) is 4.74 Å². The van der Waals surface area contributed by atoms with Crippen molar-refractivity contribution in [1.82, 2.24) is 5.32 Å². The van der Waals surface area contributed by atoms with Gasteiger partial charge in [0.2, 0.25) is 0 Å². The number of rotatable bonds is 2. The third-order valence-corrected chi connectivity index (χ3v) is 3.07. The van der Waals surface area contributed by atoms with Crippen LogP contribution in [0.3, 0.4) is 0 Å². The fraction of sp³-hybridized carbons (Fsp3) is 0.889. The van der Waals surface area contributed by atoms with Crippen LogP contribution < -0.4 is 5.32 Å². The molecule has 0 aliphatic carbocycles. The Morgan fingerprint density at radius 3 is 2.58 bits per heavy atom. The summed E-state index contributed by atoms with van der Waals surface area (Å²) in [5, 5.41) is 3.44. The maximum atomic E-state index is 5.81. The molecule has 1 aliphatic heterocycles. The van der Waals surface area contributed by atoms with Crippen molar-refractivity contribution in [3.63, 3.8) is 0 Å². The van der Waals surface area contributed by atoms with Gasteiger partial charge in [0.05, 0.1) is 0 Å². The molecule has 70 valence electrons. The van der Waals surface area contributed by atoms with E-state index in [9.17, 15) is 0 Å². The average molecular weight is 339 g/mol. The van der Waals surface area contributed by atoms with Gasteiger partial charge >= 0.3 is 85.3 Å². The predicted molar refractivity (Wildman–Crippen MR) is 46.9 cm³/mol. The molecule has 0 aromatic carbocycles. The first-order valence-corrected chi connectivity index (χ1v) is 5.92. The predicted octanol–water partition coefficient (Wildman–Crippen LogP) is 1.23. The molecule has 0 bridgehead atoms. The second-order valence-corrected chi connectivity index (χ2v) is 5.63. The zero-order valence-corrected chi connectivity index (χ0v) is 10.9. The summed E-state index contributed by atoms with van der Waals surface area (Å²) in [5.41, 5.74) is -0.0264. The third kappa shape index (κ3) is 3.47. The fourth-order valence-corrected chi connectivity index (χ4v) is 2.88. The summed E-state index contributed by atoms with van der Waals surface area (Å²) in [7, 11) is 0. The summed E-state index contributed by atoms with van der Waals surface area (Å²) in [6.07, 6.45) is 2.53. The Bertz CT molecular complexity index is 168. The minimum atomic E-state index is -0.0264. The molecule has 0 saturated carbocycles. The van der Waals surface area contributed by atoms with E-state index in [0.717, 1.165) is 6.54 Å². The molecule has 1 unspecified atom stereocenters. The molecule has 3 heteroatoms. The van der Waals surface area contributed by atoms with Gasteiger partial charge in [0, 0.05) is 0 Å². The first-order chi connectivity index (χ1) is 5.49. The zero-order valence-electron chi connectivity index (χ0n) is 8.02. The van der Waals surface area contributed by atoms with Gasteiger partial charge in [-0.2, -0.15) is 0 Å². The standard InChI is InChI=1S/C9H17NO.W/c1-9(2,3)11-7-8-5-4-6-10-8;/h8,10H,4-6H2,1-3H3;. The normalized spacial score (nSPS) is 24.4. The van der Waals surface area contributed by atoms with E-state index in [1.54, 1.807) is 0 Å². The van der Waals surface area contributed by atoms with Gasteiger partial charge in [0.1, 0.15) is 0 Å². The van der Waals surface area contributed by atoms with Crippen molar-refractivity contribution in [2.75, 3.05) is 6.54 Å². The van der Waals surface area contributed by atoms with Crippen LogP contribution in [0.25, 0.3) is 0 Å². The number of hydrogen-bond acceptors (Lipinski definition) is 2. The summed E-state index contributed by atoms with van der Waals surface area (Å²) in [4.78, 5) is 0. The SMILES string of the molecule is CC(C)(C)O[C](=[W])C1CCCN1. The molecule has 12 heavy (non-hydrogen) atoms. The number of hydrogen-bond donors (Lipinski definition) is 1. The Labute approximate surface area is 85.5 Å². The van der Waals surface area contributed by atoms with Crippen LogP contribution in [0, 0.1) is 0 Å². The van der Waals surface area contributed by atoms with E-state index >= 15 is 0 Å². The molecule has 1 rings (SSSR count). The Hall–Kier alpha value is 0.478. The van der Waals surface area contributed by atoms with E-state index in [2.05, 4.69) is 26.1 Å². The molecule has 1 N–H and O–H groups in total. The van der Waals surface area contributed by atoms with E-state index in [-0.39, 0.29) is 5.60 Å². The van der Waals surface area contributed by atoms with Crippen molar-refractivity contribution >= 4 is 4.08 Å². The molecule has 0 spiro atoms. The topological polar surface area (TPSA) is 21.3 Å². The van der Waals surface area contributed by atoms with Crippen molar-refractivity contribution in [1.29, 1.82) is 0 Å². The molecule has 1 atom stereocenters. The average Bonchev–Trinajstić information content (AvgIpc) is 2.32. The minimum absolute atomic E-state index is 0.0264. The number of nitrogens with one attached hydrogen (secondary N) is 1. The van der Waals surface area contributed by atoms with Crippen LogP contribution in [-0.4, -0.2) is 22.3 Å². The van der Waals surface area contributed by atoms with Gasteiger partial charge in [0.25, 0.3) is 0 Å². The van der Waals surface area contributed by atoms with Gasteiger partial charge in [-0.05, 0) is 0 Å². The summed E-state index contributed by atoms with van der Waals surface area (Å²) in [6.45, 7) is 7.45. The molecular weight excluding hydrogens is 322 g/mol. The van der Waals surface area contributed by atoms with Crippen molar-refractivity contribution in [2.24, 2.45) is 0 Å². The zero-order chi connectivity index (χ0) is 9.19. The molecule has 1 aliphatic rings. The number of ether oxygens (including phenoxy) is 1. The van der Waals surface area contributed by atoms with Gasteiger partial charge in [-0.15, -0.1) is 0 Å². The van der Waals surface area contributed by atoms with Crippen molar-refractivity contribution < 1.29 is 24.1 Å². The Kier molecular flexibility index (Phi) is 3.63. The summed E-state index contributed by atoms with van der Waals surface area (Å²) < 4.78 is 7.04. The molecular formula is C9H17NOW. The third-order valence-electron chi connectivity index (χ3n) is 1.75. The van der Waals surface area contributed by atoms with Crippen LogP contribution >= 0.6 is 0 Å². The second kappa shape index (κ2) is 4.13. The van der Waals surface area contributed by atoms with Gasteiger partial charge in [-0.3, -0.25) is 0 Å². The van der Waals surface area contributed by atoms with Gasteiger partial charge in [-0.1, -0.05) is 0 Å². The Morgan fingerprint density at radius 2 is 2.17 bits per heavy atom. The van der Waals surface area contributed by atoms with Gasteiger partial charge in [-0.25, -0.2) is 0 Å². The van der Waals surface area contributed by atoms with Crippen LogP contribution in [-0.2, 0) is 24.1 Å². The quantitative estimate of drug-likeness (QED) is 0.817. The van der Waals surface area contributed by atoms with Gasteiger partial charge < -0.3 is 0 Å². The first kappa shape index (κ1) is 10.6. The van der Waals surface area contributed by atoms with Crippen LogP contribution in [0.15, 0.2) is 0 Å². The molecule has 1 heterocycles. The summed E-state index contributed by atoms with van der Waals surface area (Å²) >= 11 is 1.46. The first-order valence-electron chi connectivity index (χ1n) is 4.45. The van der Waals surface area contributed by atoms with Crippen molar-refractivity contribution in [3.05, 3.63) is 0 Å². The molecule has 2 nitrogen and oxygen atoms in total. The molecule has 0 radical (unpaired) electrons. The van der Waals surface area contributed by atoms with E-state index in [1.807, 2.05) is 0 Å². The maximum absolute atomic E-state index is 5.81. The van der Waals surface area contributed by atoms with E-state index in [0.29, 0.717) is 6.04 Å². The van der Waals surface area contributed by atoms with Crippen molar-refractivity contribution in [3.8, 4) is 0 Å². The van der Waals surface area contributed by atoms with Crippen LogP contribution in [0.2, 0.25) is 0 Å². The molecule has 0 aromatic rings. The van der Waals surface area contributed by atoms with Crippen molar-refractivity contribution in [2.45, 2.75) is 45.3 Å². The van der Waals surface area contributed by atoms with E-state index < -0.39 is 0 Å².